The molecule has 4 heterocycles. The summed E-state index contributed by atoms with van der Waals surface area (Å²) >= 11 is 1.52. The van der Waals surface area contributed by atoms with Crippen LogP contribution in [-0.2, 0) is 0 Å². The van der Waals surface area contributed by atoms with E-state index in [9.17, 15) is 4.79 Å². The van der Waals surface area contributed by atoms with Gasteiger partial charge >= 0.3 is 0 Å². The fraction of sp³-hybridized carbons (Fsp3) is 0.500. The molecule has 0 bridgehead atoms. The lowest BCUT2D eigenvalue weighted by molar-refractivity contribution is 0.0751. The average Bonchev–Trinajstić information content (AvgIpc) is 3.51. The minimum atomic E-state index is 0.109. The predicted octanol–water partition coefficient (Wildman–Crippen LogP) is 3.55. The summed E-state index contributed by atoms with van der Waals surface area (Å²) < 4.78 is 0. The number of aromatic nitrogens is 4. The van der Waals surface area contributed by atoms with Crippen LogP contribution in [0, 0.1) is 27.7 Å². The Morgan fingerprint density at radius 2 is 1.73 bits per heavy atom. The van der Waals surface area contributed by atoms with Crippen LogP contribution in [0.25, 0.3) is 10.2 Å². The number of hydrogen-bond donors (Lipinski definition) is 0. The van der Waals surface area contributed by atoms with E-state index < -0.39 is 0 Å². The second-order valence-corrected chi connectivity index (χ2v) is 9.37. The van der Waals surface area contributed by atoms with Crippen molar-refractivity contribution in [3.05, 3.63) is 39.5 Å². The largest absolute Gasteiger partial charge is 0.353 e. The first-order chi connectivity index (χ1) is 14.4. The van der Waals surface area contributed by atoms with E-state index in [0.717, 1.165) is 62.6 Å². The summed E-state index contributed by atoms with van der Waals surface area (Å²) in [7, 11) is 0. The number of carbonyl (C=O) groups is 1. The van der Waals surface area contributed by atoms with Crippen molar-refractivity contribution in [2.45, 2.75) is 46.5 Å². The van der Waals surface area contributed by atoms with Gasteiger partial charge in [0, 0.05) is 49.2 Å². The fourth-order valence-corrected chi connectivity index (χ4v) is 5.44. The van der Waals surface area contributed by atoms with Crippen molar-refractivity contribution in [2.24, 2.45) is 0 Å². The first-order valence-electron chi connectivity index (χ1n) is 10.5. The van der Waals surface area contributed by atoms with Crippen LogP contribution in [0.1, 0.15) is 57.0 Å². The molecule has 2 aliphatic rings. The normalized spacial score (nSPS) is 17.1. The summed E-state index contributed by atoms with van der Waals surface area (Å²) in [5, 5.41) is 1.05. The molecular weight excluding hydrogens is 396 g/mol. The number of anilines is 1. The smallest absolute Gasteiger partial charge is 0.264 e. The highest BCUT2D eigenvalue weighted by atomic mass is 32.1. The Bertz CT molecular complexity index is 1120. The molecule has 0 N–H and O–H groups in total. The fourth-order valence-electron chi connectivity index (χ4n) is 4.23. The van der Waals surface area contributed by atoms with Crippen LogP contribution in [-0.4, -0.2) is 56.9 Å². The molecule has 30 heavy (non-hydrogen) atoms. The van der Waals surface area contributed by atoms with Crippen LogP contribution >= 0.6 is 11.3 Å². The minimum absolute atomic E-state index is 0.109. The topological polar surface area (TPSA) is 75.1 Å². The van der Waals surface area contributed by atoms with Crippen molar-refractivity contribution in [1.29, 1.82) is 0 Å². The third-order valence-electron chi connectivity index (χ3n) is 5.97. The molecule has 8 heteroatoms. The second kappa shape index (κ2) is 7.27. The van der Waals surface area contributed by atoms with Crippen molar-refractivity contribution >= 4 is 33.3 Å². The molecule has 1 saturated heterocycles. The van der Waals surface area contributed by atoms with Gasteiger partial charge in [0.25, 0.3) is 5.91 Å². The highest BCUT2D eigenvalue weighted by Gasteiger charge is 2.30. The molecule has 7 nitrogen and oxygen atoms in total. The van der Waals surface area contributed by atoms with E-state index in [1.165, 1.54) is 24.2 Å². The summed E-state index contributed by atoms with van der Waals surface area (Å²) in [6.07, 6.45) is 2.35. The molecule has 1 aliphatic heterocycles. The SMILES string of the molecule is Cc1cc(N2CCN(C(=O)c3sc4nc(C5CC5)nc(C)c4c3C)CC2)nc(C)n1. The van der Waals surface area contributed by atoms with Gasteiger partial charge in [0.15, 0.2) is 0 Å². The minimum Gasteiger partial charge on any atom is -0.353 e. The quantitative estimate of drug-likeness (QED) is 0.643. The van der Waals surface area contributed by atoms with Gasteiger partial charge in [0.05, 0.1) is 10.6 Å². The molecule has 0 spiro atoms. The molecule has 1 saturated carbocycles. The number of piperazine rings is 1. The van der Waals surface area contributed by atoms with Crippen LogP contribution in [0.4, 0.5) is 5.82 Å². The monoisotopic (exact) mass is 422 g/mol. The summed E-state index contributed by atoms with van der Waals surface area (Å²) in [5.74, 6) is 3.30. The highest BCUT2D eigenvalue weighted by Crippen LogP contribution is 2.40. The van der Waals surface area contributed by atoms with Crippen molar-refractivity contribution < 1.29 is 4.79 Å². The third kappa shape index (κ3) is 3.43. The van der Waals surface area contributed by atoms with Gasteiger partial charge in [0.2, 0.25) is 0 Å². The lowest BCUT2D eigenvalue weighted by Crippen LogP contribution is -2.49. The van der Waals surface area contributed by atoms with Crippen molar-refractivity contribution in [3.8, 4) is 0 Å². The van der Waals surface area contributed by atoms with Gasteiger partial charge in [-0.2, -0.15) is 0 Å². The van der Waals surface area contributed by atoms with Crippen molar-refractivity contribution in [2.75, 3.05) is 31.1 Å². The highest BCUT2D eigenvalue weighted by molar-refractivity contribution is 7.20. The zero-order valence-corrected chi connectivity index (χ0v) is 18.7. The zero-order valence-electron chi connectivity index (χ0n) is 17.9. The Labute approximate surface area is 180 Å². The van der Waals surface area contributed by atoms with Crippen molar-refractivity contribution in [1.82, 2.24) is 24.8 Å². The van der Waals surface area contributed by atoms with Gasteiger partial charge in [-0.25, -0.2) is 19.9 Å². The van der Waals surface area contributed by atoms with E-state index in [1.807, 2.05) is 38.7 Å². The molecule has 2 fully saturated rings. The third-order valence-corrected chi connectivity index (χ3v) is 7.14. The van der Waals surface area contributed by atoms with Crippen LogP contribution < -0.4 is 4.90 Å². The Morgan fingerprint density at radius 3 is 2.40 bits per heavy atom. The lowest BCUT2D eigenvalue weighted by Gasteiger charge is -2.35. The maximum Gasteiger partial charge on any atom is 0.264 e. The average molecular weight is 423 g/mol. The maximum atomic E-state index is 13.3. The van der Waals surface area contributed by atoms with E-state index in [2.05, 4.69) is 14.9 Å². The molecule has 1 aliphatic carbocycles. The van der Waals surface area contributed by atoms with Gasteiger partial charge in [-0.3, -0.25) is 4.79 Å². The van der Waals surface area contributed by atoms with E-state index in [-0.39, 0.29) is 5.91 Å². The number of thiophene rings is 1. The summed E-state index contributed by atoms with van der Waals surface area (Å²) in [6, 6.07) is 2.01. The Kier molecular flexibility index (Phi) is 4.69. The van der Waals surface area contributed by atoms with E-state index in [1.54, 1.807) is 0 Å². The Hall–Kier alpha value is -2.61. The molecule has 5 rings (SSSR count). The van der Waals surface area contributed by atoms with Gasteiger partial charge in [0.1, 0.15) is 22.3 Å². The molecule has 1 amide bonds. The number of aryl methyl sites for hydroxylation is 4. The molecule has 0 atom stereocenters. The van der Waals surface area contributed by atoms with Crippen LogP contribution in [0.2, 0.25) is 0 Å². The van der Waals surface area contributed by atoms with Crippen molar-refractivity contribution in [3.63, 3.8) is 0 Å². The van der Waals surface area contributed by atoms with Gasteiger partial charge in [-0.15, -0.1) is 11.3 Å². The molecule has 156 valence electrons. The standard InChI is InChI=1S/C22H26N6OS/c1-12-11-17(25-15(4)23-12)27-7-9-28(10-8-27)22(29)19-13(2)18-14(3)24-20(16-5-6-16)26-21(18)30-19/h11,16H,5-10H2,1-4H3. The van der Waals surface area contributed by atoms with E-state index >= 15 is 0 Å². The lowest BCUT2D eigenvalue weighted by atomic mass is 10.1. The summed E-state index contributed by atoms with van der Waals surface area (Å²) in [4.78, 5) is 37.7. The molecule has 0 unspecified atom stereocenters. The predicted molar refractivity (Wildman–Crippen MR) is 118 cm³/mol. The van der Waals surface area contributed by atoms with Gasteiger partial charge in [-0.05, 0) is 46.1 Å². The maximum absolute atomic E-state index is 13.3. The molecule has 3 aromatic heterocycles. The number of nitrogens with zero attached hydrogens (tertiary/aromatic N) is 6. The first-order valence-corrected chi connectivity index (χ1v) is 11.4. The van der Waals surface area contributed by atoms with E-state index in [0.29, 0.717) is 19.0 Å². The number of rotatable bonds is 3. The molecular formula is C22H26N6OS. The summed E-state index contributed by atoms with van der Waals surface area (Å²) in [6.45, 7) is 10.9. The number of fused-ring (bicyclic) bond motifs is 1. The Balaban J connectivity index is 1.36. The molecule has 0 radical (unpaired) electrons. The van der Waals surface area contributed by atoms with E-state index in [4.69, 9.17) is 9.97 Å². The second-order valence-electron chi connectivity index (χ2n) is 8.37. The number of carbonyl (C=O) groups excluding carboxylic acids is 1. The first kappa shape index (κ1) is 19.4. The summed E-state index contributed by atoms with van der Waals surface area (Å²) in [5.41, 5.74) is 2.98. The molecule has 0 aromatic carbocycles. The number of amides is 1. The van der Waals surface area contributed by atoms with Crippen LogP contribution in [0.5, 0.6) is 0 Å². The Morgan fingerprint density at radius 1 is 1.00 bits per heavy atom. The van der Waals surface area contributed by atoms with Gasteiger partial charge in [-0.1, -0.05) is 0 Å². The zero-order chi connectivity index (χ0) is 21.0. The van der Waals surface area contributed by atoms with Gasteiger partial charge < -0.3 is 9.80 Å². The van der Waals surface area contributed by atoms with Crippen LogP contribution in [0.3, 0.4) is 0 Å². The number of hydrogen-bond acceptors (Lipinski definition) is 7. The molecule has 3 aromatic rings. The van der Waals surface area contributed by atoms with Crippen LogP contribution in [0.15, 0.2) is 6.07 Å².